The number of amides is 2. The van der Waals surface area contributed by atoms with Gasteiger partial charge in [-0.2, -0.15) is 5.10 Å². The van der Waals surface area contributed by atoms with Crippen LogP contribution in [0.1, 0.15) is 15.9 Å². The topological polar surface area (TPSA) is 90.8 Å². The number of carbonyl (C=O) groups is 2. The van der Waals surface area contributed by atoms with Gasteiger partial charge in [0.15, 0.2) is 0 Å². The molecule has 0 atom stereocenters. The van der Waals surface area contributed by atoms with E-state index in [4.69, 9.17) is 11.6 Å². The predicted octanol–water partition coefficient (Wildman–Crippen LogP) is 3.45. The van der Waals surface area contributed by atoms with Crippen molar-refractivity contribution in [2.75, 3.05) is 6.54 Å². The fourth-order valence-electron chi connectivity index (χ4n) is 1.79. The molecule has 3 N–H and O–H groups in total. The second-order valence-corrected chi connectivity index (χ2v) is 7.02. The number of phenols is 1. The monoisotopic (exact) mass is 487 g/mol. The van der Waals surface area contributed by atoms with Gasteiger partial charge in [-0.05, 0) is 46.3 Å². The molecule has 0 radical (unpaired) electrons. The van der Waals surface area contributed by atoms with E-state index in [2.05, 4.69) is 47.7 Å². The number of nitrogens with zero attached hydrogens (tertiary/aromatic N) is 1. The molecule has 2 aromatic rings. The van der Waals surface area contributed by atoms with Crippen molar-refractivity contribution >= 4 is 61.5 Å². The third kappa shape index (κ3) is 5.84. The molecule has 9 heteroatoms. The first-order chi connectivity index (χ1) is 11.9. The highest BCUT2D eigenvalue weighted by Crippen LogP contribution is 2.30. The van der Waals surface area contributed by atoms with Gasteiger partial charge < -0.3 is 10.4 Å². The minimum absolute atomic E-state index is 0.00421. The van der Waals surface area contributed by atoms with Crippen LogP contribution < -0.4 is 10.7 Å². The molecule has 6 nitrogen and oxygen atoms in total. The van der Waals surface area contributed by atoms with Crippen LogP contribution in [0.4, 0.5) is 0 Å². The summed E-state index contributed by atoms with van der Waals surface area (Å²) in [5, 5.41) is 16.5. The Morgan fingerprint density at radius 2 is 2.00 bits per heavy atom. The van der Waals surface area contributed by atoms with Crippen LogP contribution in [0.5, 0.6) is 5.75 Å². The van der Waals surface area contributed by atoms with Crippen LogP contribution in [-0.2, 0) is 4.79 Å². The zero-order chi connectivity index (χ0) is 18.4. The molecule has 0 aliphatic rings. The fourth-order valence-corrected chi connectivity index (χ4v) is 3.24. The maximum Gasteiger partial charge on any atom is 0.259 e. The van der Waals surface area contributed by atoms with E-state index in [1.807, 2.05) is 0 Å². The highest BCUT2D eigenvalue weighted by molar-refractivity contribution is 9.11. The maximum absolute atomic E-state index is 11.9. The van der Waals surface area contributed by atoms with Gasteiger partial charge in [-0.3, -0.25) is 9.59 Å². The van der Waals surface area contributed by atoms with Gasteiger partial charge in [0.25, 0.3) is 11.8 Å². The second-order valence-electron chi connectivity index (χ2n) is 4.81. The summed E-state index contributed by atoms with van der Waals surface area (Å²) in [6.45, 7) is -0.253. The lowest BCUT2D eigenvalue weighted by molar-refractivity contribution is -0.120. The number of nitrogens with one attached hydrogen (secondary N) is 2. The average molecular weight is 490 g/mol. The number of hydrogen-bond acceptors (Lipinski definition) is 4. The molecule has 25 heavy (non-hydrogen) atoms. The Kier molecular flexibility index (Phi) is 6.98. The quantitative estimate of drug-likeness (QED) is 0.444. The number of hydrogen-bond donors (Lipinski definition) is 3. The van der Waals surface area contributed by atoms with E-state index < -0.39 is 11.8 Å². The SMILES string of the molecule is O=C(CNC(=O)c1cccc(Cl)c1)NN=Cc1cc(Br)cc(Br)c1O. The summed E-state index contributed by atoms with van der Waals surface area (Å²) in [4.78, 5) is 23.6. The largest absolute Gasteiger partial charge is 0.506 e. The zero-order valence-electron chi connectivity index (χ0n) is 12.6. The summed E-state index contributed by atoms with van der Waals surface area (Å²) in [5.41, 5.74) is 3.02. The van der Waals surface area contributed by atoms with E-state index in [0.717, 1.165) is 4.47 Å². The van der Waals surface area contributed by atoms with Crippen LogP contribution in [0.25, 0.3) is 0 Å². The van der Waals surface area contributed by atoms with Gasteiger partial charge in [0.05, 0.1) is 17.2 Å². The number of rotatable bonds is 5. The molecule has 130 valence electrons. The summed E-state index contributed by atoms with van der Waals surface area (Å²) in [7, 11) is 0. The molecular formula is C16H12Br2ClN3O3. The Bertz CT molecular complexity index is 843. The van der Waals surface area contributed by atoms with Crippen molar-refractivity contribution in [1.29, 1.82) is 0 Å². The lowest BCUT2D eigenvalue weighted by Crippen LogP contribution is -2.34. The van der Waals surface area contributed by atoms with E-state index in [1.54, 1.807) is 30.3 Å². The lowest BCUT2D eigenvalue weighted by atomic mass is 10.2. The molecule has 0 heterocycles. The fraction of sp³-hybridized carbons (Fsp3) is 0.0625. The molecular weight excluding hydrogens is 477 g/mol. The smallest absolute Gasteiger partial charge is 0.259 e. The average Bonchev–Trinajstić information content (AvgIpc) is 2.57. The molecule has 0 spiro atoms. The Hall–Kier alpha value is -1.90. The van der Waals surface area contributed by atoms with Gasteiger partial charge in [-0.25, -0.2) is 5.43 Å². The predicted molar refractivity (Wildman–Crippen MR) is 103 cm³/mol. The Morgan fingerprint density at radius 3 is 2.72 bits per heavy atom. The van der Waals surface area contributed by atoms with E-state index in [0.29, 0.717) is 20.6 Å². The first-order valence-electron chi connectivity index (χ1n) is 6.90. The van der Waals surface area contributed by atoms with Crippen LogP contribution in [0, 0.1) is 0 Å². The normalized spacial score (nSPS) is 10.7. The Labute approximate surface area is 165 Å². The number of hydrazone groups is 1. The van der Waals surface area contributed by atoms with Crippen LogP contribution in [0.15, 0.2) is 50.4 Å². The van der Waals surface area contributed by atoms with Crippen molar-refractivity contribution in [2.24, 2.45) is 5.10 Å². The zero-order valence-corrected chi connectivity index (χ0v) is 16.5. The van der Waals surface area contributed by atoms with Crippen molar-refractivity contribution in [3.63, 3.8) is 0 Å². The van der Waals surface area contributed by atoms with Gasteiger partial charge >= 0.3 is 0 Å². The van der Waals surface area contributed by atoms with Crippen LogP contribution in [0.3, 0.4) is 0 Å². The van der Waals surface area contributed by atoms with Crippen LogP contribution in [0.2, 0.25) is 5.02 Å². The lowest BCUT2D eigenvalue weighted by Gasteiger charge is -2.05. The third-order valence-electron chi connectivity index (χ3n) is 2.95. The Morgan fingerprint density at radius 1 is 1.24 bits per heavy atom. The standard InChI is InChI=1S/C16H12Br2ClN3O3/c17-11-4-10(15(24)13(18)6-11)7-21-22-14(23)8-20-16(25)9-2-1-3-12(19)5-9/h1-7,24H,8H2,(H,20,25)(H,22,23). The summed E-state index contributed by atoms with van der Waals surface area (Å²) >= 11 is 12.3. The Balaban J connectivity index is 1.88. The first kappa shape index (κ1) is 19.4. The molecule has 2 aromatic carbocycles. The van der Waals surface area contributed by atoms with E-state index in [9.17, 15) is 14.7 Å². The highest BCUT2D eigenvalue weighted by Gasteiger charge is 2.08. The van der Waals surface area contributed by atoms with Crippen LogP contribution >= 0.6 is 43.5 Å². The third-order valence-corrected chi connectivity index (χ3v) is 4.24. The maximum atomic E-state index is 11.9. The number of carbonyl (C=O) groups excluding carboxylic acids is 2. The van der Waals surface area contributed by atoms with Gasteiger partial charge in [0, 0.05) is 20.6 Å². The minimum Gasteiger partial charge on any atom is -0.506 e. The van der Waals surface area contributed by atoms with E-state index >= 15 is 0 Å². The van der Waals surface area contributed by atoms with Crippen molar-refractivity contribution in [1.82, 2.24) is 10.7 Å². The van der Waals surface area contributed by atoms with Gasteiger partial charge in [-0.15, -0.1) is 0 Å². The number of aromatic hydroxyl groups is 1. The minimum atomic E-state index is -0.514. The molecule has 0 saturated carbocycles. The molecule has 0 fully saturated rings. The molecule has 0 aromatic heterocycles. The van der Waals surface area contributed by atoms with Crippen molar-refractivity contribution in [2.45, 2.75) is 0 Å². The molecule has 0 aliphatic carbocycles. The summed E-state index contributed by atoms with van der Waals surface area (Å²) in [5.74, 6) is -0.939. The van der Waals surface area contributed by atoms with Crippen molar-refractivity contribution in [3.8, 4) is 5.75 Å². The van der Waals surface area contributed by atoms with Gasteiger partial charge in [0.2, 0.25) is 0 Å². The van der Waals surface area contributed by atoms with Crippen molar-refractivity contribution in [3.05, 3.63) is 61.5 Å². The van der Waals surface area contributed by atoms with Gasteiger partial charge in [-0.1, -0.05) is 33.6 Å². The number of phenolic OH excluding ortho intramolecular Hbond substituents is 1. The molecule has 2 rings (SSSR count). The number of benzene rings is 2. The summed E-state index contributed by atoms with van der Waals surface area (Å²) in [6, 6.07) is 9.69. The number of halogens is 3. The molecule has 0 saturated heterocycles. The molecule has 0 unspecified atom stereocenters. The van der Waals surface area contributed by atoms with E-state index in [-0.39, 0.29) is 12.3 Å². The molecule has 2 amide bonds. The van der Waals surface area contributed by atoms with Crippen molar-refractivity contribution < 1.29 is 14.7 Å². The highest BCUT2D eigenvalue weighted by atomic mass is 79.9. The first-order valence-corrected chi connectivity index (χ1v) is 8.87. The molecule has 0 bridgehead atoms. The van der Waals surface area contributed by atoms with Gasteiger partial charge in [0.1, 0.15) is 5.75 Å². The second kappa shape index (κ2) is 8.98. The summed E-state index contributed by atoms with van der Waals surface area (Å²) < 4.78 is 1.22. The van der Waals surface area contributed by atoms with E-state index in [1.165, 1.54) is 12.3 Å². The molecule has 0 aliphatic heterocycles. The summed E-state index contributed by atoms with van der Waals surface area (Å²) in [6.07, 6.45) is 1.29. The van der Waals surface area contributed by atoms with Crippen LogP contribution in [-0.4, -0.2) is 29.7 Å².